The van der Waals surface area contributed by atoms with Crippen LogP contribution in [0, 0.1) is 10.1 Å². The molecule has 0 bridgehead atoms. The van der Waals surface area contributed by atoms with Gasteiger partial charge in [-0.3, -0.25) is 20.2 Å². The van der Waals surface area contributed by atoms with Crippen molar-refractivity contribution in [3.63, 3.8) is 0 Å². The van der Waals surface area contributed by atoms with E-state index < -0.39 is 40.7 Å². The van der Waals surface area contributed by atoms with Crippen LogP contribution in [0.5, 0.6) is 0 Å². The molecule has 1 saturated heterocycles. The maximum absolute atomic E-state index is 13.6. The van der Waals surface area contributed by atoms with Crippen molar-refractivity contribution in [3.8, 4) is 0 Å². The monoisotopic (exact) mass is 448 g/mol. The van der Waals surface area contributed by atoms with Crippen LogP contribution in [0.3, 0.4) is 0 Å². The van der Waals surface area contributed by atoms with Crippen molar-refractivity contribution >= 4 is 40.5 Å². The number of halogens is 5. The Kier molecular flexibility index (Phi) is 5.97. The highest BCUT2D eigenvalue weighted by atomic mass is 35.5. The van der Waals surface area contributed by atoms with Gasteiger partial charge in [-0.25, -0.2) is 4.98 Å². The molecule has 0 aliphatic carbocycles. The molecule has 29 heavy (non-hydrogen) atoms. The third-order valence-electron chi connectivity index (χ3n) is 4.53. The fourth-order valence-corrected chi connectivity index (χ4v) is 3.58. The number of pyridine rings is 1. The summed E-state index contributed by atoms with van der Waals surface area (Å²) in [6.45, 7) is 0. The molecule has 2 heterocycles. The van der Waals surface area contributed by atoms with Crippen LogP contribution in [-0.2, 0) is 4.79 Å². The standard InChI is InChI=1S/C17H13Cl2F3N4O3/c18-11-5-8(1-3-13(11)26(28)29)10-6-12(25-15(10)17(20,21)22)16(27)24-9-2-4-14(19)23-7-9/h1-5,7,10,12,15,25H,6H2,(H,24,27)/t10?,12-,15+/m0/s1. The Morgan fingerprint density at radius 1 is 1.28 bits per heavy atom. The fraction of sp³-hybridized carbons (Fsp3) is 0.294. The highest BCUT2D eigenvalue weighted by Gasteiger charge is 2.52. The lowest BCUT2D eigenvalue weighted by Crippen LogP contribution is -2.46. The van der Waals surface area contributed by atoms with E-state index in [1.54, 1.807) is 0 Å². The number of alkyl halides is 3. The molecule has 1 amide bonds. The number of carbonyl (C=O) groups excluding carboxylic acids is 1. The van der Waals surface area contributed by atoms with Gasteiger partial charge in [-0.2, -0.15) is 13.2 Å². The topological polar surface area (TPSA) is 97.2 Å². The van der Waals surface area contributed by atoms with Gasteiger partial charge < -0.3 is 5.32 Å². The van der Waals surface area contributed by atoms with Crippen LogP contribution in [0.1, 0.15) is 17.9 Å². The van der Waals surface area contributed by atoms with Gasteiger partial charge in [0.25, 0.3) is 5.69 Å². The second kappa shape index (κ2) is 8.13. The molecule has 2 aromatic rings. The molecule has 3 rings (SSSR count). The summed E-state index contributed by atoms with van der Waals surface area (Å²) < 4.78 is 40.7. The zero-order valence-electron chi connectivity index (χ0n) is 14.4. The Balaban J connectivity index is 1.83. The zero-order valence-corrected chi connectivity index (χ0v) is 15.9. The van der Waals surface area contributed by atoms with Crippen molar-refractivity contribution in [1.29, 1.82) is 0 Å². The number of nitro groups is 1. The molecule has 12 heteroatoms. The number of hydrogen-bond acceptors (Lipinski definition) is 5. The van der Waals surface area contributed by atoms with Gasteiger partial charge in [-0.1, -0.05) is 29.3 Å². The van der Waals surface area contributed by atoms with E-state index in [2.05, 4.69) is 15.6 Å². The number of rotatable bonds is 4. The van der Waals surface area contributed by atoms with E-state index in [9.17, 15) is 28.1 Å². The van der Waals surface area contributed by atoms with E-state index in [1.807, 2.05) is 0 Å². The highest BCUT2D eigenvalue weighted by molar-refractivity contribution is 6.32. The number of hydrogen-bond donors (Lipinski definition) is 2. The zero-order chi connectivity index (χ0) is 21.3. The summed E-state index contributed by atoms with van der Waals surface area (Å²) in [5.41, 5.74) is 0.0277. The fourth-order valence-electron chi connectivity index (χ4n) is 3.21. The van der Waals surface area contributed by atoms with Crippen LogP contribution in [0.15, 0.2) is 36.5 Å². The summed E-state index contributed by atoms with van der Waals surface area (Å²) in [7, 11) is 0. The Bertz CT molecular complexity index is 941. The average molecular weight is 449 g/mol. The maximum atomic E-state index is 13.6. The van der Waals surface area contributed by atoms with E-state index in [-0.39, 0.29) is 27.8 Å². The SMILES string of the molecule is O=C(Nc1ccc(Cl)nc1)[C@@H]1CC(c2ccc([N+](=O)[O-])c(Cl)c2)[C@H](C(F)(F)F)N1. The minimum Gasteiger partial charge on any atom is -0.323 e. The van der Waals surface area contributed by atoms with Gasteiger partial charge >= 0.3 is 6.18 Å². The number of benzene rings is 1. The first-order valence-corrected chi connectivity index (χ1v) is 9.01. The summed E-state index contributed by atoms with van der Waals surface area (Å²) in [6.07, 6.45) is -3.54. The first-order valence-electron chi connectivity index (χ1n) is 8.25. The highest BCUT2D eigenvalue weighted by Crippen LogP contribution is 2.41. The first kappa shape index (κ1) is 21.3. The lowest BCUT2D eigenvalue weighted by molar-refractivity contribution is -0.384. The van der Waals surface area contributed by atoms with Crippen molar-refractivity contribution in [2.75, 3.05) is 5.32 Å². The number of amides is 1. The lowest BCUT2D eigenvalue weighted by Gasteiger charge is -2.22. The smallest absolute Gasteiger partial charge is 0.323 e. The molecule has 0 radical (unpaired) electrons. The summed E-state index contributed by atoms with van der Waals surface area (Å²) in [6, 6.07) is 3.15. The van der Waals surface area contributed by atoms with Crippen LogP contribution >= 0.6 is 23.2 Å². The van der Waals surface area contributed by atoms with Crippen molar-refractivity contribution < 1.29 is 22.9 Å². The summed E-state index contributed by atoms with van der Waals surface area (Å²) in [4.78, 5) is 26.4. The Labute approximate surface area is 172 Å². The van der Waals surface area contributed by atoms with Crippen molar-refractivity contribution in [2.24, 2.45) is 0 Å². The molecule has 0 saturated carbocycles. The van der Waals surface area contributed by atoms with E-state index in [0.717, 1.165) is 12.1 Å². The summed E-state index contributed by atoms with van der Waals surface area (Å²) >= 11 is 11.5. The predicted molar refractivity (Wildman–Crippen MR) is 100 cm³/mol. The van der Waals surface area contributed by atoms with Gasteiger partial charge in [0, 0.05) is 12.0 Å². The van der Waals surface area contributed by atoms with Crippen molar-refractivity contribution in [3.05, 3.63) is 62.4 Å². The van der Waals surface area contributed by atoms with Gasteiger partial charge in [0.05, 0.1) is 22.8 Å². The molecule has 3 atom stereocenters. The predicted octanol–water partition coefficient (Wildman–Crippen LogP) is 4.31. The minimum absolute atomic E-state index is 0.152. The van der Waals surface area contributed by atoms with Gasteiger partial charge in [-0.15, -0.1) is 0 Å². The largest absolute Gasteiger partial charge is 0.404 e. The molecule has 2 N–H and O–H groups in total. The Morgan fingerprint density at radius 3 is 2.55 bits per heavy atom. The van der Waals surface area contributed by atoms with Gasteiger partial charge in [0.1, 0.15) is 16.2 Å². The van der Waals surface area contributed by atoms with Crippen molar-refractivity contribution in [2.45, 2.75) is 30.6 Å². The van der Waals surface area contributed by atoms with E-state index >= 15 is 0 Å². The molecule has 1 aromatic heterocycles. The van der Waals surface area contributed by atoms with Crippen LogP contribution in [0.2, 0.25) is 10.2 Å². The quantitative estimate of drug-likeness (QED) is 0.412. The van der Waals surface area contributed by atoms with Crippen LogP contribution in [-0.4, -0.2) is 34.1 Å². The number of anilines is 1. The molecule has 1 unspecified atom stereocenters. The molecule has 1 aliphatic heterocycles. The van der Waals surface area contributed by atoms with E-state index in [0.29, 0.717) is 0 Å². The normalized spacial score (nSPS) is 21.8. The van der Waals surface area contributed by atoms with Crippen molar-refractivity contribution in [1.82, 2.24) is 10.3 Å². The summed E-state index contributed by atoms with van der Waals surface area (Å²) in [5.74, 6) is -1.81. The molecular formula is C17H13Cl2F3N4O3. The van der Waals surface area contributed by atoms with E-state index in [4.69, 9.17) is 23.2 Å². The average Bonchev–Trinajstić information content (AvgIpc) is 3.09. The third kappa shape index (κ3) is 4.77. The molecule has 1 fully saturated rings. The Hall–Kier alpha value is -2.43. The molecule has 0 spiro atoms. The van der Waals surface area contributed by atoms with E-state index in [1.165, 1.54) is 24.4 Å². The third-order valence-corrected chi connectivity index (χ3v) is 5.06. The number of aromatic nitrogens is 1. The first-order chi connectivity index (χ1) is 13.6. The molecule has 154 valence electrons. The molecular weight excluding hydrogens is 436 g/mol. The lowest BCUT2D eigenvalue weighted by atomic mass is 9.90. The minimum atomic E-state index is -4.64. The number of nitrogens with one attached hydrogen (secondary N) is 2. The second-order valence-electron chi connectivity index (χ2n) is 6.41. The molecule has 1 aromatic carbocycles. The van der Waals surface area contributed by atoms with Crippen LogP contribution in [0.4, 0.5) is 24.5 Å². The Morgan fingerprint density at radius 2 is 2.00 bits per heavy atom. The van der Waals surface area contributed by atoms with Gasteiger partial charge in [0.15, 0.2) is 0 Å². The number of nitrogens with zero attached hydrogens (tertiary/aromatic N) is 2. The maximum Gasteiger partial charge on any atom is 0.404 e. The van der Waals surface area contributed by atoms with Crippen LogP contribution in [0.25, 0.3) is 0 Å². The van der Waals surface area contributed by atoms with Crippen LogP contribution < -0.4 is 10.6 Å². The number of carbonyl (C=O) groups is 1. The summed E-state index contributed by atoms with van der Waals surface area (Å²) in [5, 5.41) is 15.6. The van der Waals surface area contributed by atoms with Gasteiger partial charge in [0.2, 0.25) is 5.91 Å². The second-order valence-corrected chi connectivity index (χ2v) is 7.20. The van der Waals surface area contributed by atoms with Gasteiger partial charge in [-0.05, 0) is 30.2 Å². The molecule has 7 nitrogen and oxygen atoms in total. The molecule has 1 aliphatic rings. The number of nitro benzene ring substituents is 1.